The van der Waals surface area contributed by atoms with Crippen LogP contribution in [0.3, 0.4) is 0 Å². The quantitative estimate of drug-likeness (QED) is 0.774. The fourth-order valence-corrected chi connectivity index (χ4v) is 2.66. The predicted molar refractivity (Wildman–Crippen MR) is 88.2 cm³/mol. The van der Waals surface area contributed by atoms with Gasteiger partial charge in [0.2, 0.25) is 0 Å². The summed E-state index contributed by atoms with van der Waals surface area (Å²) < 4.78 is 1.99. The lowest BCUT2D eigenvalue weighted by Crippen LogP contribution is -2.15. The van der Waals surface area contributed by atoms with Gasteiger partial charge >= 0.3 is 0 Å². The van der Waals surface area contributed by atoms with Crippen LogP contribution in [0.25, 0.3) is 11.1 Å². The lowest BCUT2D eigenvalue weighted by atomic mass is 9.95. The third-order valence-electron chi connectivity index (χ3n) is 3.96. The maximum absolute atomic E-state index is 10.5. The molecule has 0 bridgehead atoms. The zero-order valence-corrected chi connectivity index (χ0v) is 12.6. The van der Waals surface area contributed by atoms with Crippen molar-refractivity contribution < 1.29 is 5.11 Å². The first kappa shape index (κ1) is 14.5. The van der Waals surface area contributed by atoms with E-state index in [1.165, 1.54) is 11.1 Å². The van der Waals surface area contributed by atoms with Crippen molar-refractivity contribution in [3.05, 3.63) is 78.9 Å². The van der Waals surface area contributed by atoms with Crippen LogP contribution in [-0.4, -0.2) is 14.7 Å². The normalized spacial score (nSPS) is 13.7. The fraction of sp³-hybridized carbons (Fsp3) is 0.211. The average molecular weight is 292 g/mol. The van der Waals surface area contributed by atoms with Crippen molar-refractivity contribution in [2.24, 2.45) is 5.92 Å². The number of aliphatic hydroxyl groups excluding tert-OH is 1. The summed E-state index contributed by atoms with van der Waals surface area (Å²) in [4.78, 5) is 4.03. The Morgan fingerprint density at radius 1 is 1.00 bits per heavy atom. The van der Waals surface area contributed by atoms with E-state index in [2.05, 4.69) is 36.2 Å². The van der Waals surface area contributed by atoms with Gasteiger partial charge in [-0.2, -0.15) is 0 Å². The summed E-state index contributed by atoms with van der Waals surface area (Å²) in [5, 5.41) is 10.5. The monoisotopic (exact) mass is 292 g/mol. The molecule has 1 aromatic heterocycles. The van der Waals surface area contributed by atoms with Crippen LogP contribution in [0.15, 0.2) is 73.3 Å². The molecule has 0 aliphatic carbocycles. The van der Waals surface area contributed by atoms with Gasteiger partial charge in [0, 0.05) is 24.9 Å². The molecule has 0 aliphatic rings. The summed E-state index contributed by atoms with van der Waals surface area (Å²) in [6, 6.07) is 18.4. The molecule has 112 valence electrons. The second-order valence-corrected chi connectivity index (χ2v) is 5.67. The van der Waals surface area contributed by atoms with Crippen LogP contribution in [0.4, 0.5) is 0 Å². The van der Waals surface area contributed by atoms with E-state index < -0.39 is 6.10 Å². The summed E-state index contributed by atoms with van der Waals surface area (Å²) >= 11 is 0. The van der Waals surface area contributed by atoms with E-state index in [1.54, 1.807) is 12.5 Å². The lowest BCUT2D eigenvalue weighted by molar-refractivity contribution is 0.108. The molecule has 1 heterocycles. The van der Waals surface area contributed by atoms with E-state index in [1.807, 2.05) is 41.1 Å². The van der Waals surface area contributed by atoms with Crippen LogP contribution in [-0.2, 0) is 6.54 Å². The standard InChI is InChI=1S/C19H20N2O/c1-15(13-21-12-11-20-14-21)19(22)18-9-7-17(8-10-18)16-5-3-2-4-6-16/h2-12,14-15,19,22H,13H2,1H3/t15-,19+/m1/s1. The Balaban J connectivity index is 1.72. The van der Waals surface area contributed by atoms with Crippen molar-refractivity contribution in [1.82, 2.24) is 9.55 Å². The Hall–Kier alpha value is -2.39. The number of imidazole rings is 1. The van der Waals surface area contributed by atoms with Crippen LogP contribution < -0.4 is 0 Å². The average Bonchev–Trinajstić information content (AvgIpc) is 3.08. The van der Waals surface area contributed by atoms with Crippen molar-refractivity contribution in [3.8, 4) is 11.1 Å². The van der Waals surface area contributed by atoms with Crippen LogP contribution in [0.2, 0.25) is 0 Å². The Morgan fingerprint density at radius 3 is 2.32 bits per heavy atom. The van der Waals surface area contributed by atoms with Gasteiger partial charge in [0.05, 0.1) is 12.4 Å². The number of rotatable bonds is 5. The van der Waals surface area contributed by atoms with Crippen molar-refractivity contribution in [3.63, 3.8) is 0 Å². The molecule has 0 saturated carbocycles. The first-order chi connectivity index (χ1) is 10.7. The van der Waals surface area contributed by atoms with Crippen molar-refractivity contribution in [2.75, 3.05) is 0 Å². The topological polar surface area (TPSA) is 38.0 Å². The molecule has 0 aliphatic heterocycles. The SMILES string of the molecule is C[C@H](Cn1ccnc1)[C@H](O)c1ccc(-c2ccccc2)cc1. The highest BCUT2D eigenvalue weighted by molar-refractivity contribution is 5.63. The zero-order chi connectivity index (χ0) is 15.4. The number of aromatic nitrogens is 2. The highest BCUT2D eigenvalue weighted by atomic mass is 16.3. The van der Waals surface area contributed by atoms with Gasteiger partial charge in [-0.1, -0.05) is 61.5 Å². The molecule has 0 fully saturated rings. The predicted octanol–water partition coefficient (Wildman–Crippen LogP) is 3.92. The minimum atomic E-state index is -0.479. The van der Waals surface area contributed by atoms with Crippen LogP contribution in [0.5, 0.6) is 0 Å². The van der Waals surface area contributed by atoms with Crippen molar-refractivity contribution in [1.29, 1.82) is 0 Å². The van der Waals surface area contributed by atoms with Gasteiger partial charge in [-0.3, -0.25) is 0 Å². The highest BCUT2D eigenvalue weighted by Crippen LogP contribution is 2.26. The summed E-state index contributed by atoms with van der Waals surface area (Å²) in [5.41, 5.74) is 3.31. The van der Waals surface area contributed by atoms with Gasteiger partial charge < -0.3 is 9.67 Å². The number of aliphatic hydroxyl groups is 1. The molecular weight excluding hydrogens is 272 g/mol. The minimum absolute atomic E-state index is 0.122. The largest absolute Gasteiger partial charge is 0.388 e. The molecule has 0 saturated heterocycles. The minimum Gasteiger partial charge on any atom is -0.388 e. The number of hydrogen-bond donors (Lipinski definition) is 1. The van der Waals surface area contributed by atoms with Crippen molar-refractivity contribution in [2.45, 2.75) is 19.6 Å². The summed E-state index contributed by atoms with van der Waals surface area (Å²) in [7, 11) is 0. The van der Waals surface area contributed by atoms with Crippen LogP contribution in [0.1, 0.15) is 18.6 Å². The first-order valence-corrected chi connectivity index (χ1v) is 7.53. The van der Waals surface area contributed by atoms with E-state index in [-0.39, 0.29) is 5.92 Å². The number of benzene rings is 2. The molecule has 22 heavy (non-hydrogen) atoms. The van der Waals surface area contributed by atoms with Crippen molar-refractivity contribution >= 4 is 0 Å². The van der Waals surface area contributed by atoms with Gasteiger partial charge in [0.1, 0.15) is 0 Å². The Morgan fingerprint density at radius 2 is 1.68 bits per heavy atom. The molecule has 0 radical (unpaired) electrons. The van der Waals surface area contributed by atoms with E-state index in [4.69, 9.17) is 0 Å². The van der Waals surface area contributed by atoms with Gasteiger partial charge in [0.15, 0.2) is 0 Å². The lowest BCUT2D eigenvalue weighted by Gasteiger charge is -2.20. The number of nitrogens with zero attached hydrogens (tertiary/aromatic N) is 2. The molecule has 0 unspecified atom stereocenters. The second-order valence-electron chi connectivity index (χ2n) is 5.67. The molecule has 3 heteroatoms. The van der Waals surface area contributed by atoms with E-state index in [9.17, 15) is 5.11 Å². The molecule has 0 amide bonds. The summed E-state index contributed by atoms with van der Waals surface area (Å²) in [5.74, 6) is 0.122. The van der Waals surface area contributed by atoms with Gasteiger partial charge in [-0.25, -0.2) is 4.98 Å². The molecule has 2 atom stereocenters. The van der Waals surface area contributed by atoms with Crippen LogP contribution in [0, 0.1) is 5.92 Å². The fourth-order valence-electron chi connectivity index (χ4n) is 2.66. The highest BCUT2D eigenvalue weighted by Gasteiger charge is 2.16. The van der Waals surface area contributed by atoms with E-state index >= 15 is 0 Å². The number of hydrogen-bond acceptors (Lipinski definition) is 2. The maximum atomic E-state index is 10.5. The maximum Gasteiger partial charge on any atom is 0.0946 e. The van der Waals surface area contributed by atoms with Gasteiger partial charge in [-0.15, -0.1) is 0 Å². The Kier molecular flexibility index (Phi) is 4.35. The smallest absolute Gasteiger partial charge is 0.0946 e. The summed E-state index contributed by atoms with van der Waals surface area (Å²) in [6.45, 7) is 2.80. The third-order valence-corrected chi connectivity index (χ3v) is 3.96. The summed E-state index contributed by atoms with van der Waals surface area (Å²) in [6.07, 6.45) is 4.98. The third kappa shape index (κ3) is 3.26. The van der Waals surface area contributed by atoms with Gasteiger partial charge in [0.25, 0.3) is 0 Å². The molecule has 2 aromatic carbocycles. The van der Waals surface area contributed by atoms with E-state index in [0.29, 0.717) is 0 Å². The van der Waals surface area contributed by atoms with Crippen LogP contribution >= 0.6 is 0 Å². The molecule has 3 aromatic rings. The van der Waals surface area contributed by atoms with E-state index in [0.717, 1.165) is 12.1 Å². The zero-order valence-electron chi connectivity index (χ0n) is 12.6. The Bertz CT molecular complexity index is 690. The first-order valence-electron chi connectivity index (χ1n) is 7.53. The van der Waals surface area contributed by atoms with Gasteiger partial charge in [-0.05, 0) is 16.7 Å². The Labute approximate surface area is 130 Å². The molecule has 1 N–H and O–H groups in total. The molecule has 3 nitrogen and oxygen atoms in total. The molecule has 0 spiro atoms. The molecular formula is C19H20N2O. The molecule has 3 rings (SSSR count). The second kappa shape index (κ2) is 6.58.